The number of methoxy groups -OCH3 is 1. The van der Waals surface area contributed by atoms with Crippen molar-refractivity contribution in [1.82, 2.24) is 9.55 Å². The van der Waals surface area contributed by atoms with Crippen LogP contribution in [0.3, 0.4) is 0 Å². The maximum atomic E-state index is 11.8. The van der Waals surface area contributed by atoms with Crippen molar-refractivity contribution in [2.24, 2.45) is 0 Å². The van der Waals surface area contributed by atoms with Gasteiger partial charge in [-0.15, -0.1) is 0 Å². The lowest BCUT2D eigenvalue weighted by Crippen LogP contribution is -2.22. The first-order valence-electron chi connectivity index (χ1n) is 6.22. The third kappa shape index (κ3) is 3.32. The van der Waals surface area contributed by atoms with E-state index in [1.54, 1.807) is 6.20 Å². The first-order chi connectivity index (χ1) is 8.11. The van der Waals surface area contributed by atoms with Crippen LogP contribution in [0.5, 0.6) is 0 Å². The van der Waals surface area contributed by atoms with Gasteiger partial charge in [-0.3, -0.25) is 0 Å². The zero-order valence-corrected chi connectivity index (χ0v) is 11.1. The summed E-state index contributed by atoms with van der Waals surface area (Å²) in [4.78, 5) is 16.1. The first kappa shape index (κ1) is 13.7. The van der Waals surface area contributed by atoms with Gasteiger partial charge in [0.1, 0.15) is 11.9 Å². The Hall–Kier alpha value is -1.32. The van der Waals surface area contributed by atoms with E-state index in [0.717, 1.165) is 25.1 Å². The van der Waals surface area contributed by atoms with Gasteiger partial charge >= 0.3 is 5.97 Å². The van der Waals surface area contributed by atoms with E-state index in [0.29, 0.717) is 5.92 Å². The largest absolute Gasteiger partial charge is 0.467 e. The summed E-state index contributed by atoms with van der Waals surface area (Å²) in [5, 5.41) is 0. The Balaban J connectivity index is 2.95. The van der Waals surface area contributed by atoms with Crippen LogP contribution in [0.4, 0.5) is 0 Å². The fourth-order valence-corrected chi connectivity index (χ4v) is 1.94. The van der Waals surface area contributed by atoms with Crippen molar-refractivity contribution < 1.29 is 9.53 Å². The molecule has 0 aromatic carbocycles. The molecule has 0 aliphatic heterocycles. The Morgan fingerprint density at radius 2 is 2.24 bits per heavy atom. The molecule has 1 heterocycles. The van der Waals surface area contributed by atoms with Crippen molar-refractivity contribution in [1.29, 1.82) is 0 Å². The number of nitrogens with zero attached hydrogens (tertiary/aromatic N) is 2. The molecule has 0 aliphatic carbocycles. The monoisotopic (exact) mass is 238 g/mol. The van der Waals surface area contributed by atoms with Gasteiger partial charge in [-0.25, -0.2) is 9.78 Å². The molecule has 0 aliphatic rings. The number of rotatable bonds is 6. The van der Waals surface area contributed by atoms with Crippen LogP contribution in [0.1, 0.15) is 57.8 Å². The molecule has 0 bridgehead atoms. The zero-order valence-electron chi connectivity index (χ0n) is 11.1. The second-order valence-electron chi connectivity index (χ2n) is 4.53. The molecule has 0 N–H and O–H groups in total. The lowest BCUT2D eigenvalue weighted by atomic mass is 10.1. The molecular formula is C13H22N2O2. The Bertz CT molecular complexity index is 358. The summed E-state index contributed by atoms with van der Waals surface area (Å²) in [7, 11) is 1.44. The van der Waals surface area contributed by atoms with E-state index < -0.39 is 0 Å². The second kappa shape index (κ2) is 6.42. The molecule has 96 valence electrons. The number of hydrogen-bond acceptors (Lipinski definition) is 3. The van der Waals surface area contributed by atoms with Crippen LogP contribution in [-0.2, 0) is 9.53 Å². The summed E-state index contributed by atoms with van der Waals surface area (Å²) in [6, 6.07) is -0.236. The van der Waals surface area contributed by atoms with Crippen molar-refractivity contribution in [3.8, 4) is 0 Å². The van der Waals surface area contributed by atoms with Gasteiger partial charge in [-0.2, -0.15) is 0 Å². The summed E-state index contributed by atoms with van der Waals surface area (Å²) in [5.41, 5.74) is 0. The molecule has 1 rings (SSSR count). The highest BCUT2D eigenvalue weighted by molar-refractivity contribution is 5.74. The van der Waals surface area contributed by atoms with Gasteiger partial charge in [0, 0.05) is 18.3 Å². The molecule has 1 unspecified atom stereocenters. The third-order valence-corrected chi connectivity index (χ3v) is 2.86. The van der Waals surface area contributed by atoms with Gasteiger partial charge in [0.05, 0.1) is 7.11 Å². The number of imidazole rings is 1. The molecule has 1 aromatic rings. The van der Waals surface area contributed by atoms with Crippen molar-refractivity contribution in [3.63, 3.8) is 0 Å². The van der Waals surface area contributed by atoms with Crippen LogP contribution < -0.4 is 0 Å². The summed E-state index contributed by atoms with van der Waals surface area (Å²) in [6.45, 7) is 6.27. The topological polar surface area (TPSA) is 44.1 Å². The van der Waals surface area contributed by atoms with Gasteiger partial charge in [0.2, 0.25) is 0 Å². The molecule has 0 radical (unpaired) electrons. The summed E-state index contributed by atoms with van der Waals surface area (Å²) >= 11 is 0. The van der Waals surface area contributed by atoms with E-state index in [2.05, 4.69) is 25.8 Å². The molecule has 1 atom stereocenters. The minimum atomic E-state index is -0.236. The molecule has 0 saturated heterocycles. The normalized spacial score (nSPS) is 12.8. The fourth-order valence-electron chi connectivity index (χ4n) is 1.94. The number of esters is 1. The highest BCUT2D eigenvalue weighted by atomic mass is 16.5. The van der Waals surface area contributed by atoms with Crippen molar-refractivity contribution in [3.05, 3.63) is 18.2 Å². The SMILES string of the molecule is CCCCC(C(=O)OC)n1ccnc1C(C)C. The highest BCUT2D eigenvalue weighted by Crippen LogP contribution is 2.22. The molecule has 4 nitrogen and oxygen atoms in total. The highest BCUT2D eigenvalue weighted by Gasteiger charge is 2.23. The van der Waals surface area contributed by atoms with Gasteiger partial charge in [0.25, 0.3) is 0 Å². The molecule has 0 spiro atoms. The van der Waals surface area contributed by atoms with E-state index in [1.165, 1.54) is 7.11 Å². The Labute approximate surface area is 103 Å². The molecule has 1 aromatic heterocycles. The van der Waals surface area contributed by atoms with Gasteiger partial charge in [0.15, 0.2) is 0 Å². The van der Waals surface area contributed by atoms with Crippen LogP contribution in [-0.4, -0.2) is 22.6 Å². The van der Waals surface area contributed by atoms with E-state index in [4.69, 9.17) is 4.74 Å². The quantitative estimate of drug-likeness (QED) is 0.716. The van der Waals surface area contributed by atoms with E-state index >= 15 is 0 Å². The first-order valence-corrected chi connectivity index (χ1v) is 6.22. The van der Waals surface area contributed by atoms with E-state index in [9.17, 15) is 4.79 Å². The van der Waals surface area contributed by atoms with Gasteiger partial charge in [-0.1, -0.05) is 33.6 Å². The van der Waals surface area contributed by atoms with Gasteiger partial charge in [-0.05, 0) is 6.42 Å². The summed E-state index contributed by atoms with van der Waals surface area (Å²) in [5.74, 6) is 1.06. The van der Waals surface area contributed by atoms with Gasteiger partial charge < -0.3 is 9.30 Å². The van der Waals surface area contributed by atoms with Crippen LogP contribution in [0.2, 0.25) is 0 Å². The van der Waals surface area contributed by atoms with Crippen molar-refractivity contribution in [2.45, 2.75) is 52.0 Å². The number of carbonyl (C=O) groups excluding carboxylic acids is 1. The van der Waals surface area contributed by atoms with Crippen molar-refractivity contribution in [2.75, 3.05) is 7.11 Å². The smallest absolute Gasteiger partial charge is 0.328 e. The predicted molar refractivity (Wildman–Crippen MR) is 66.9 cm³/mol. The average Bonchev–Trinajstić information content (AvgIpc) is 2.78. The zero-order chi connectivity index (χ0) is 12.8. The van der Waals surface area contributed by atoms with Crippen LogP contribution >= 0.6 is 0 Å². The second-order valence-corrected chi connectivity index (χ2v) is 4.53. The van der Waals surface area contributed by atoms with Crippen molar-refractivity contribution >= 4 is 5.97 Å². The van der Waals surface area contributed by atoms with Crippen LogP contribution in [0.25, 0.3) is 0 Å². The lowest BCUT2D eigenvalue weighted by Gasteiger charge is -2.19. The summed E-state index contributed by atoms with van der Waals surface area (Å²) in [6.07, 6.45) is 6.50. The molecule has 0 amide bonds. The Kier molecular flexibility index (Phi) is 5.19. The molecule has 17 heavy (non-hydrogen) atoms. The average molecular weight is 238 g/mol. The minimum absolute atomic E-state index is 0.182. The maximum absolute atomic E-state index is 11.8. The molecule has 0 saturated carbocycles. The fraction of sp³-hybridized carbons (Fsp3) is 0.692. The summed E-state index contributed by atoms with van der Waals surface area (Å²) < 4.78 is 6.83. The number of unbranched alkanes of at least 4 members (excludes halogenated alkanes) is 1. The number of carbonyl (C=O) groups is 1. The van der Waals surface area contributed by atoms with Crippen LogP contribution in [0.15, 0.2) is 12.4 Å². The number of ether oxygens (including phenoxy) is 1. The molecule has 4 heteroatoms. The third-order valence-electron chi connectivity index (χ3n) is 2.86. The Morgan fingerprint density at radius 1 is 1.53 bits per heavy atom. The lowest BCUT2D eigenvalue weighted by molar-refractivity contribution is -0.144. The van der Waals surface area contributed by atoms with E-state index in [-0.39, 0.29) is 12.0 Å². The Morgan fingerprint density at radius 3 is 2.76 bits per heavy atom. The number of hydrogen-bond donors (Lipinski definition) is 0. The standard InChI is InChI=1S/C13H22N2O2/c1-5-6-7-11(13(16)17-4)15-9-8-14-12(15)10(2)3/h8-11H,5-7H2,1-4H3. The molecular weight excluding hydrogens is 216 g/mol. The molecule has 0 fully saturated rings. The van der Waals surface area contributed by atoms with E-state index in [1.807, 2.05) is 10.8 Å². The minimum Gasteiger partial charge on any atom is -0.467 e. The number of aromatic nitrogens is 2. The van der Waals surface area contributed by atoms with Crippen LogP contribution in [0, 0.1) is 0 Å². The maximum Gasteiger partial charge on any atom is 0.328 e. The predicted octanol–water partition coefficient (Wildman–Crippen LogP) is 2.91.